The summed E-state index contributed by atoms with van der Waals surface area (Å²) < 4.78 is 0. The Morgan fingerprint density at radius 1 is 1.14 bits per heavy atom. The van der Waals surface area contributed by atoms with E-state index in [0.29, 0.717) is 24.9 Å². The Hall–Kier alpha value is -3.21. The van der Waals surface area contributed by atoms with Gasteiger partial charge in [0.05, 0.1) is 5.52 Å². The van der Waals surface area contributed by atoms with Crippen LogP contribution in [0, 0.1) is 6.92 Å². The molecule has 142 valence electrons. The number of aryl methyl sites for hydroxylation is 1. The second kappa shape index (κ2) is 7.43. The number of amides is 2. The summed E-state index contributed by atoms with van der Waals surface area (Å²) in [4.78, 5) is 30.3. The molecule has 2 heterocycles. The molecule has 1 aliphatic heterocycles. The third-order valence-corrected chi connectivity index (χ3v) is 5.32. The largest absolute Gasteiger partial charge is 0.348 e. The highest BCUT2D eigenvalue weighted by Gasteiger charge is 2.24. The van der Waals surface area contributed by atoms with Gasteiger partial charge in [-0.1, -0.05) is 23.8 Å². The number of aromatic nitrogens is 1. The Morgan fingerprint density at radius 2 is 1.93 bits per heavy atom. The SMILES string of the molecule is Cc1ccc2nccc(-c3ccc(C(=O)N[C@H]4CCC(=O)N(C)C4)cc3)c2c1. The zero-order valence-corrected chi connectivity index (χ0v) is 16.1. The van der Waals surface area contributed by atoms with Crippen LogP contribution in [0.25, 0.3) is 22.0 Å². The number of pyridine rings is 1. The van der Waals surface area contributed by atoms with Crippen molar-refractivity contribution in [3.8, 4) is 11.1 Å². The lowest BCUT2D eigenvalue weighted by molar-refractivity contribution is -0.132. The first-order valence-corrected chi connectivity index (χ1v) is 9.52. The monoisotopic (exact) mass is 373 g/mol. The van der Waals surface area contributed by atoms with E-state index in [1.807, 2.05) is 42.6 Å². The molecule has 2 aromatic carbocycles. The molecule has 0 spiro atoms. The van der Waals surface area contributed by atoms with Gasteiger partial charge >= 0.3 is 0 Å². The second-order valence-electron chi connectivity index (χ2n) is 7.44. The number of carbonyl (C=O) groups is 2. The fourth-order valence-electron chi connectivity index (χ4n) is 3.71. The summed E-state index contributed by atoms with van der Waals surface area (Å²) in [7, 11) is 1.77. The molecule has 1 saturated heterocycles. The lowest BCUT2D eigenvalue weighted by Gasteiger charge is -2.30. The Bertz CT molecular complexity index is 1040. The summed E-state index contributed by atoms with van der Waals surface area (Å²) in [6.07, 6.45) is 2.98. The molecule has 1 N–H and O–H groups in total. The van der Waals surface area contributed by atoms with Crippen LogP contribution < -0.4 is 5.32 Å². The molecular weight excluding hydrogens is 350 g/mol. The Kier molecular flexibility index (Phi) is 4.82. The van der Waals surface area contributed by atoms with E-state index in [-0.39, 0.29) is 17.9 Å². The summed E-state index contributed by atoms with van der Waals surface area (Å²) in [6.45, 7) is 2.63. The average molecular weight is 373 g/mol. The van der Waals surface area contributed by atoms with Gasteiger partial charge in [0.25, 0.3) is 5.91 Å². The van der Waals surface area contributed by atoms with E-state index < -0.39 is 0 Å². The van der Waals surface area contributed by atoms with E-state index in [0.717, 1.165) is 22.0 Å². The summed E-state index contributed by atoms with van der Waals surface area (Å²) in [5.74, 6) is 0.0318. The number of fused-ring (bicyclic) bond motifs is 1. The van der Waals surface area contributed by atoms with Crippen LogP contribution in [0.5, 0.6) is 0 Å². The van der Waals surface area contributed by atoms with E-state index >= 15 is 0 Å². The lowest BCUT2D eigenvalue weighted by atomic mass is 9.99. The van der Waals surface area contributed by atoms with Gasteiger partial charge in [-0.3, -0.25) is 14.6 Å². The highest BCUT2D eigenvalue weighted by atomic mass is 16.2. The molecule has 0 saturated carbocycles. The maximum Gasteiger partial charge on any atom is 0.251 e. The topological polar surface area (TPSA) is 62.3 Å². The van der Waals surface area contributed by atoms with Crippen LogP contribution >= 0.6 is 0 Å². The maximum atomic E-state index is 12.6. The first kappa shape index (κ1) is 18.2. The van der Waals surface area contributed by atoms with Crippen LogP contribution in [0.15, 0.2) is 54.7 Å². The standard InChI is InChI=1S/C23H23N3O2/c1-15-3-9-21-20(13-15)19(11-12-24-21)16-4-6-17(7-5-16)23(28)25-18-8-10-22(27)26(2)14-18/h3-7,9,11-13,18H,8,10,14H2,1-2H3,(H,25,28)/t18-/m0/s1. The number of hydrogen-bond acceptors (Lipinski definition) is 3. The number of piperidine rings is 1. The van der Waals surface area contributed by atoms with Gasteiger partial charge in [0.2, 0.25) is 5.91 Å². The molecule has 4 rings (SSSR count). The number of nitrogens with zero attached hydrogens (tertiary/aromatic N) is 2. The Labute approximate surface area is 164 Å². The fourth-order valence-corrected chi connectivity index (χ4v) is 3.71. The van der Waals surface area contributed by atoms with Crippen LogP contribution in [-0.2, 0) is 4.79 Å². The second-order valence-corrected chi connectivity index (χ2v) is 7.44. The molecule has 1 aromatic heterocycles. The van der Waals surface area contributed by atoms with Gasteiger partial charge in [-0.15, -0.1) is 0 Å². The number of rotatable bonds is 3. The number of nitrogens with one attached hydrogen (secondary N) is 1. The minimum atomic E-state index is -0.102. The molecule has 2 amide bonds. The van der Waals surface area contributed by atoms with Gasteiger partial charge in [0.15, 0.2) is 0 Å². The predicted octanol–water partition coefficient (Wildman–Crippen LogP) is 3.56. The number of likely N-dealkylation sites (N-methyl/N-ethyl adjacent to an activating group) is 1. The van der Waals surface area contributed by atoms with Crippen LogP contribution in [-0.4, -0.2) is 41.3 Å². The van der Waals surface area contributed by atoms with Crippen molar-refractivity contribution < 1.29 is 9.59 Å². The predicted molar refractivity (Wildman–Crippen MR) is 110 cm³/mol. The summed E-state index contributed by atoms with van der Waals surface area (Å²) in [5, 5.41) is 4.15. The van der Waals surface area contributed by atoms with Gasteiger partial charge in [-0.05, 0) is 54.8 Å². The molecule has 1 atom stereocenters. The highest BCUT2D eigenvalue weighted by molar-refractivity contribution is 5.97. The number of carbonyl (C=O) groups excluding carboxylic acids is 2. The molecule has 5 heteroatoms. The van der Waals surface area contributed by atoms with Crippen LogP contribution in [0.1, 0.15) is 28.8 Å². The van der Waals surface area contributed by atoms with Gasteiger partial charge < -0.3 is 10.2 Å². The molecule has 28 heavy (non-hydrogen) atoms. The number of benzene rings is 2. The first-order valence-electron chi connectivity index (χ1n) is 9.52. The highest BCUT2D eigenvalue weighted by Crippen LogP contribution is 2.28. The van der Waals surface area contributed by atoms with Crippen molar-refractivity contribution in [3.63, 3.8) is 0 Å². The molecule has 5 nitrogen and oxygen atoms in total. The Morgan fingerprint density at radius 3 is 2.68 bits per heavy atom. The summed E-state index contributed by atoms with van der Waals surface area (Å²) in [5.41, 5.74) is 4.93. The minimum Gasteiger partial charge on any atom is -0.348 e. The molecule has 0 aliphatic carbocycles. The van der Waals surface area contributed by atoms with Crippen LogP contribution in [0.3, 0.4) is 0 Å². The van der Waals surface area contributed by atoms with E-state index in [4.69, 9.17) is 0 Å². The zero-order valence-electron chi connectivity index (χ0n) is 16.1. The summed E-state index contributed by atoms with van der Waals surface area (Å²) in [6, 6.07) is 15.9. The number of likely N-dealkylation sites (tertiary alicyclic amines) is 1. The molecule has 1 aliphatic rings. The van der Waals surface area contributed by atoms with Gasteiger partial charge in [0.1, 0.15) is 0 Å². The average Bonchev–Trinajstić information content (AvgIpc) is 2.70. The van der Waals surface area contributed by atoms with Crippen LogP contribution in [0.2, 0.25) is 0 Å². The zero-order chi connectivity index (χ0) is 19.7. The van der Waals surface area contributed by atoms with Crippen molar-refractivity contribution in [2.45, 2.75) is 25.8 Å². The van der Waals surface area contributed by atoms with Crippen molar-refractivity contribution >= 4 is 22.7 Å². The molecule has 3 aromatic rings. The smallest absolute Gasteiger partial charge is 0.251 e. The van der Waals surface area contributed by atoms with Crippen molar-refractivity contribution in [1.82, 2.24) is 15.2 Å². The molecule has 1 fully saturated rings. The summed E-state index contributed by atoms with van der Waals surface area (Å²) >= 11 is 0. The van der Waals surface area contributed by atoms with Gasteiger partial charge in [0, 0.05) is 43.2 Å². The molecule has 0 bridgehead atoms. The van der Waals surface area contributed by atoms with Crippen molar-refractivity contribution in [3.05, 3.63) is 65.9 Å². The normalized spacial score (nSPS) is 17.0. The van der Waals surface area contributed by atoms with Crippen molar-refractivity contribution in [2.75, 3.05) is 13.6 Å². The quantitative estimate of drug-likeness (QED) is 0.764. The van der Waals surface area contributed by atoms with Crippen molar-refractivity contribution in [1.29, 1.82) is 0 Å². The number of hydrogen-bond donors (Lipinski definition) is 1. The fraction of sp³-hybridized carbons (Fsp3) is 0.261. The van der Waals surface area contributed by atoms with E-state index in [1.165, 1.54) is 5.56 Å². The minimum absolute atomic E-state index is 0.00185. The molecule has 0 unspecified atom stereocenters. The van der Waals surface area contributed by atoms with E-state index in [2.05, 4.69) is 29.4 Å². The van der Waals surface area contributed by atoms with E-state index in [9.17, 15) is 9.59 Å². The van der Waals surface area contributed by atoms with Gasteiger partial charge in [-0.25, -0.2) is 0 Å². The van der Waals surface area contributed by atoms with Crippen LogP contribution in [0.4, 0.5) is 0 Å². The van der Waals surface area contributed by atoms with Gasteiger partial charge in [-0.2, -0.15) is 0 Å². The third kappa shape index (κ3) is 3.60. The third-order valence-electron chi connectivity index (χ3n) is 5.32. The molecule has 0 radical (unpaired) electrons. The molecular formula is C23H23N3O2. The maximum absolute atomic E-state index is 12.6. The lowest BCUT2D eigenvalue weighted by Crippen LogP contribution is -2.48. The Balaban J connectivity index is 1.54. The van der Waals surface area contributed by atoms with E-state index in [1.54, 1.807) is 11.9 Å². The van der Waals surface area contributed by atoms with Crippen molar-refractivity contribution in [2.24, 2.45) is 0 Å². The first-order chi connectivity index (χ1) is 13.5.